The maximum Gasteiger partial charge on any atom is 0.256 e. The molecule has 0 aliphatic rings. The quantitative estimate of drug-likeness (QED) is 0.731. The molecule has 1 N–H and O–H groups in total. The van der Waals surface area contributed by atoms with E-state index in [-0.39, 0.29) is 16.7 Å². The Balaban J connectivity index is 2.03. The Hall–Kier alpha value is -3.93. The number of carboxylic acids is 2. The molecular weight excluding hydrogens is 358 g/mol. The third-order valence-corrected chi connectivity index (χ3v) is 4.41. The summed E-state index contributed by atoms with van der Waals surface area (Å²) in [5.74, 6) is -3.18. The number of hydrogen-bond donors (Lipinski definition) is 1. The summed E-state index contributed by atoms with van der Waals surface area (Å²) < 4.78 is 0. The summed E-state index contributed by atoms with van der Waals surface area (Å²) in [5, 5.41) is 25.3. The van der Waals surface area contributed by atoms with E-state index < -0.39 is 17.8 Å². The zero-order chi connectivity index (χ0) is 20.3. The number of hydrogen-bond acceptors (Lipinski definition) is 5. The molecule has 0 radical (unpaired) electrons. The van der Waals surface area contributed by atoms with Crippen LogP contribution in [0.1, 0.15) is 36.6 Å². The molecule has 28 heavy (non-hydrogen) atoms. The van der Waals surface area contributed by atoms with Gasteiger partial charge in [-0.15, -0.1) is 0 Å². The highest BCUT2D eigenvalue weighted by Crippen LogP contribution is 2.28. The molecule has 6 heteroatoms. The van der Waals surface area contributed by atoms with Crippen LogP contribution in [0.5, 0.6) is 0 Å². The maximum absolute atomic E-state index is 12.9. The van der Waals surface area contributed by atoms with Crippen molar-refractivity contribution in [1.29, 1.82) is 0 Å². The number of nitrogens with one attached hydrogen (secondary N) is 1. The van der Waals surface area contributed by atoms with Crippen LogP contribution < -0.4 is 15.5 Å². The summed E-state index contributed by atoms with van der Waals surface area (Å²) >= 11 is 0. The second-order valence-corrected chi connectivity index (χ2v) is 6.10. The molecule has 0 unspecified atom stereocenters. The van der Waals surface area contributed by atoms with E-state index in [0.29, 0.717) is 22.4 Å². The third-order valence-electron chi connectivity index (χ3n) is 4.41. The van der Waals surface area contributed by atoms with E-state index in [1.54, 1.807) is 55.5 Å². The molecule has 3 rings (SSSR count). The largest absolute Gasteiger partial charge is 0.545 e. The average molecular weight is 373 g/mol. The van der Waals surface area contributed by atoms with Crippen LogP contribution in [0.4, 0.5) is 5.69 Å². The number of carbonyl (C=O) groups is 3. The van der Waals surface area contributed by atoms with E-state index in [1.807, 2.05) is 0 Å². The topological polar surface area (TPSA) is 109 Å². The van der Waals surface area contributed by atoms with Crippen molar-refractivity contribution in [2.24, 2.45) is 0 Å². The monoisotopic (exact) mass is 373 g/mol. The van der Waals surface area contributed by atoms with Crippen molar-refractivity contribution in [3.63, 3.8) is 0 Å². The molecule has 0 bridgehead atoms. The second-order valence-electron chi connectivity index (χ2n) is 6.10. The summed E-state index contributed by atoms with van der Waals surface area (Å²) in [7, 11) is 0. The van der Waals surface area contributed by atoms with Crippen LogP contribution in [0, 0.1) is 6.92 Å². The van der Waals surface area contributed by atoms with Gasteiger partial charge in [0.25, 0.3) is 5.91 Å². The van der Waals surface area contributed by atoms with Crippen molar-refractivity contribution in [3.05, 3.63) is 89.0 Å². The van der Waals surface area contributed by atoms with Crippen molar-refractivity contribution in [2.45, 2.75) is 6.92 Å². The fourth-order valence-electron chi connectivity index (χ4n) is 2.99. The van der Waals surface area contributed by atoms with Crippen LogP contribution >= 0.6 is 0 Å². The first-order chi connectivity index (χ1) is 13.4. The van der Waals surface area contributed by atoms with E-state index in [4.69, 9.17) is 0 Å². The molecule has 3 aromatic carbocycles. The Labute approximate surface area is 161 Å². The first-order valence-electron chi connectivity index (χ1n) is 8.42. The van der Waals surface area contributed by atoms with Crippen LogP contribution in [0.15, 0.2) is 66.7 Å². The van der Waals surface area contributed by atoms with Gasteiger partial charge in [-0.2, -0.15) is 0 Å². The zero-order valence-corrected chi connectivity index (χ0v) is 14.9. The molecule has 0 atom stereocenters. The lowest BCUT2D eigenvalue weighted by Crippen LogP contribution is -2.24. The van der Waals surface area contributed by atoms with Crippen LogP contribution in [-0.2, 0) is 0 Å². The molecule has 6 nitrogen and oxygen atoms in total. The minimum Gasteiger partial charge on any atom is -0.545 e. The minimum atomic E-state index is -1.34. The molecule has 0 aliphatic heterocycles. The van der Waals surface area contributed by atoms with Gasteiger partial charge in [0.15, 0.2) is 0 Å². The summed E-state index contributed by atoms with van der Waals surface area (Å²) in [6.45, 7) is 1.57. The van der Waals surface area contributed by atoms with Gasteiger partial charge in [-0.3, -0.25) is 4.79 Å². The van der Waals surface area contributed by atoms with E-state index >= 15 is 0 Å². The van der Waals surface area contributed by atoms with Gasteiger partial charge in [0, 0.05) is 22.4 Å². The Kier molecular flexibility index (Phi) is 5.22. The summed E-state index contributed by atoms with van der Waals surface area (Å²) in [4.78, 5) is 35.5. The highest BCUT2D eigenvalue weighted by molar-refractivity contribution is 6.10. The average Bonchev–Trinajstić information content (AvgIpc) is 2.69. The van der Waals surface area contributed by atoms with Crippen molar-refractivity contribution in [3.8, 4) is 11.1 Å². The van der Waals surface area contributed by atoms with Crippen LogP contribution in [-0.4, -0.2) is 17.8 Å². The summed E-state index contributed by atoms with van der Waals surface area (Å²) in [6, 6.07) is 17.3. The highest BCUT2D eigenvalue weighted by Gasteiger charge is 2.16. The number of aromatic carboxylic acids is 2. The predicted octanol–water partition coefficient (Wildman–Crippen LogP) is 1.64. The minimum absolute atomic E-state index is 0.0200. The number of carbonyl (C=O) groups excluding carboxylic acids is 3. The van der Waals surface area contributed by atoms with Gasteiger partial charge in [-0.1, -0.05) is 54.6 Å². The molecule has 0 fully saturated rings. The van der Waals surface area contributed by atoms with Gasteiger partial charge in [0.2, 0.25) is 0 Å². The third kappa shape index (κ3) is 3.61. The molecule has 1 amide bonds. The van der Waals surface area contributed by atoms with Gasteiger partial charge in [-0.25, -0.2) is 0 Å². The van der Waals surface area contributed by atoms with Crippen LogP contribution in [0.25, 0.3) is 11.1 Å². The first kappa shape index (κ1) is 18.8. The van der Waals surface area contributed by atoms with Gasteiger partial charge >= 0.3 is 0 Å². The normalized spacial score (nSPS) is 10.3. The molecule has 0 spiro atoms. The predicted molar refractivity (Wildman–Crippen MR) is 99.7 cm³/mol. The van der Waals surface area contributed by atoms with Crippen molar-refractivity contribution in [2.75, 3.05) is 5.32 Å². The highest BCUT2D eigenvalue weighted by atomic mass is 16.4. The lowest BCUT2D eigenvalue weighted by molar-refractivity contribution is -0.256. The molecular formula is C22H15NO5-2. The van der Waals surface area contributed by atoms with Crippen molar-refractivity contribution < 1.29 is 24.6 Å². The molecule has 0 aromatic heterocycles. The number of amides is 1. The van der Waals surface area contributed by atoms with Gasteiger partial charge < -0.3 is 25.1 Å². The lowest BCUT2D eigenvalue weighted by atomic mass is 9.95. The zero-order valence-electron chi connectivity index (χ0n) is 14.9. The number of carboxylic acid groups (broad SMARTS) is 2. The van der Waals surface area contributed by atoms with E-state index in [1.165, 1.54) is 18.2 Å². The van der Waals surface area contributed by atoms with Crippen molar-refractivity contribution in [1.82, 2.24) is 0 Å². The smallest absolute Gasteiger partial charge is 0.256 e. The Bertz CT molecular complexity index is 1090. The number of anilines is 1. The van der Waals surface area contributed by atoms with Gasteiger partial charge in [0.05, 0.1) is 11.9 Å². The number of rotatable bonds is 5. The summed E-state index contributed by atoms with van der Waals surface area (Å²) in [6.07, 6.45) is 0. The molecule has 0 saturated carbocycles. The first-order valence-corrected chi connectivity index (χ1v) is 8.42. The SMILES string of the molecule is Cc1c(NC(=O)c2ccccc2-c2ccccc2C(=O)[O-])cccc1C(=O)[O-]. The van der Waals surface area contributed by atoms with Crippen LogP contribution in [0.3, 0.4) is 0 Å². The number of benzene rings is 3. The fourth-order valence-corrected chi connectivity index (χ4v) is 2.99. The maximum atomic E-state index is 12.9. The van der Waals surface area contributed by atoms with Gasteiger partial charge in [0.1, 0.15) is 0 Å². The molecule has 3 aromatic rings. The van der Waals surface area contributed by atoms with E-state index in [2.05, 4.69) is 5.32 Å². The summed E-state index contributed by atoms with van der Waals surface area (Å²) in [5.41, 5.74) is 1.67. The van der Waals surface area contributed by atoms with E-state index in [9.17, 15) is 24.6 Å². The standard InChI is InChI=1S/C22H17NO5/c1-13-14(21(25)26)11-6-12-19(13)23-20(24)17-9-4-2-7-15(17)16-8-3-5-10-18(16)22(27)28/h2-12H,1H3,(H,23,24)(H,25,26)(H,27,28)/p-2. The molecule has 140 valence electrons. The Morgan fingerprint density at radius 3 is 1.79 bits per heavy atom. The lowest BCUT2D eigenvalue weighted by Gasteiger charge is -2.16. The Morgan fingerprint density at radius 2 is 1.18 bits per heavy atom. The Morgan fingerprint density at radius 1 is 0.679 bits per heavy atom. The van der Waals surface area contributed by atoms with E-state index in [0.717, 1.165) is 0 Å². The van der Waals surface area contributed by atoms with Gasteiger partial charge in [-0.05, 0) is 35.7 Å². The second kappa shape index (κ2) is 7.75. The fraction of sp³-hybridized carbons (Fsp3) is 0.0455. The molecule has 0 heterocycles. The van der Waals surface area contributed by atoms with Crippen LogP contribution in [0.2, 0.25) is 0 Å². The molecule has 0 saturated heterocycles. The molecule has 0 aliphatic carbocycles. The van der Waals surface area contributed by atoms with Crippen molar-refractivity contribution >= 4 is 23.5 Å².